The van der Waals surface area contributed by atoms with Gasteiger partial charge in [0.25, 0.3) is 5.91 Å². The molecule has 0 saturated carbocycles. The van der Waals surface area contributed by atoms with E-state index in [1.165, 1.54) is 0 Å². The highest BCUT2D eigenvalue weighted by molar-refractivity contribution is 6.07. The highest BCUT2D eigenvalue weighted by Gasteiger charge is 2.24. The highest BCUT2D eigenvalue weighted by atomic mass is 16.2. The Balaban J connectivity index is 1.78. The lowest BCUT2D eigenvalue weighted by Crippen LogP contribution is -2.31. The Labute approximate surface area is 183 Å². The minimum atomic E-state index is -0.0115. The molecule has 4 rings (SSSR count). The standard InChI is InChI=1S/C27H27N3O/c1-3-4-15-26(21-13-9-6-10-14-21)30(2)27(31)22-18-25(20-11-7-5-8-12-20)29-24-16-17-28-19-23(22)24/h5-14,16-19,26H,3-4,15H2,1-2H3. The third-order valence-corrected chi connectivity index (χ3v) is 5.71. The largest absolute Gasteiger partial charge is 0.335 e. The van der Waals surface area contributed by atoms with Gasteiger partial charge in [-0.25, -0.2) is 4.98 Å². The van der Waals surface area contributed by atoms with Gasteiger partial charge in [0.05, 0.1) is 22.8 Å². The predicted octanol–water partition coefficient (Wildman–Crippen LogP) is 6.30. The van der Waals surface area contributed by atoms with Crippen LogP contribution in [0.25, 0.3) is 22.2 Å². The molecule has 31 heavy (non-hydrogen) atoms. The summed E-state index contributed by atoms with van der Waals surface area (Å²) in [5, 5.41) is 0.779. The van der Waals surface area contributed by atoms with E-state index in [0.717, 1.165) is 47.0 Å². The van der Waals surface area contributed by atoms with Crippen molar-refractivity contribution in [2.75, 3.05) is 7.05 Å². The fourth-order valence-corrected chi connectivity index (χ4v) is 3.99. The van der Waals surface area contributed by atoms with E-state index in [1.54, 1.807) is 12.4 Å². The maximum Gasteiger partial charge on any atom is 0.254 e. The second-order valence-corrected chi connectivity index (χ2v) is 7.80. The number of fused-ring (bicyclic) bond motifs is 1. The van der Waals surface area contributed by atoms with E-state index < -0.39 is 0 Å². The van der Waals surface area contributed by atoms with Gasteiger partial charge in [0.1, 0.15) is 0 Å². The van der Waals surface area contributed by atoms with Crippen LogP contribution in [0.4, 0.5) is 0 Å². The molecule has 0 saturated heterocycles. The lowest BCUT2D eigenvalue weighted by molar-refractivity contribution is 0.0722. The number of unbranched alkanes of at least 4 members (excludes halogenated alkanes) is 1. The van der Waals surface area contributed by atoms with E-state index in [9.17, 15) is 4.79 Å². The van der Waals surface area contributed by atoms with Gasteiger partial charge in [-0.05, 0) is 24.1 Å². The number of nitrogens with zero attached hydrogens (tertiary/aromatic N) is 3. The van der Waals surface area contributed by atoms with Crippen molar-refractivity contribution in [2.24, 2.45) is 0 Å². The molecule has 4 heteroatoms. The number of hydrogen-bond donors (Lipinski definition) is 0. The van der Waals surface area contributed by atoms with Crippen LogP contribution in [-0.2, 0) is 0 Å². The maximum atomic E-state index is 13.8. The van der Waals surface area contributed by atoms with Crippen molar-refractivity contribution in [3.05, 3.63) is 96.3 Å². The first-order valence-electron chi connectivity index (χ1n) is 10.8. The van der Waals surface area contributed by atoms with Crippen LogP contribution in [0, 0.1) is 0 Å². The van der Waals surface area contributed by atoms with Crippen LogP contribution in [0.5, 0.6) is 0 Å². The second kappa shape index (κ2) is 9.52. The fourth-order valence-electron chi connectivity index (χ4n) is 3.99. The quantitative estimate of drug-likeness (QED) is 0.360. The number of aromatic nitrogens is 2. The monoisotopic (exact) mass is 409 g/mol. The van der Waals surface area contributed by atoms with Crippen LogP contribution in [0.3, 0.4) is 0 Å². The molecule has 1 amide bonds. The number of pyridine rings is 2. The van der Waals surface area contributed by atoms with Gasteiger partial charge in [-0.15, -0.1) is 0 Å². The first-order chi connectivity index (χ1) is 15.2. The lowest BCUT2D eigenvalue weighted by Gasteiger charge is -2.29. The summed E-state index contributed by atoms with van der Waals surface area (Å²) in [5.74, 6) is -0.0115. The number of carbonyl (C=O) groups excluding carboxylic acids is 1. The second-order valence-electron chi connectivity index (χ2n) is 7.80. The molecule has 0 N–H and O–H groups in total. The average Bonchev–Trinajstić information content (AvgIpc) is 2.84. The minimum Gasteiger partial charge on any atom is -0.335 e. The van der Waals surface area contributed by atoms with E-state index in [0.29, 0.717) is 5.56 Å². The van der Waals surface area contributed by atoms with Crippen LogP contribution in [0.2, 0.25) is 0 Å². The minimum absolute atomic E-state index is 0.0115. The number of rotatable bonds is 7. The molecule has 4 aromatic rings. The van der Waals surface area contributed by atoms with Crippen molar-refractivity contribution in [3.8, 4) is 11.3 Å². The van der Waals surface area contributed by atoms with Crippen LogP contribution < -0.4 is 0 Å². The molecule has 0 fully saturated rings. The predicted molar refractivity (Wildman–Crippen MR) is 126 cm³/mol. The molecular weight excluding hydrogens is 382 g/mol. The molecule has 0 aliphatic heterocycles. The topological polar surface area (TPSA) is 46.1 Å². The summed E-state index contributed by atoms with van der Waals surface area (Å²) in [5.41, 5.74) is 4.35. The smallest absolute Gasteiger partial charge is 0.254 e. The molecule has 2 aromatic carbocycles. The summed E-state index contributed by atoms with van der Waals surface area (Å²) in [6.07, 6.45) is 6.53. The summed E-state index contributed by atoms with van der Waals surface area (Å²) in [7, 11) is 1.90. The molecule has 156 valence electrons. The van der Waals surface area contributed by atoms with Crippen LogP contribution >= 0.6 is 0 Å². The van der Waals surface area contributed by atoms with Gasteiger partial charge in [0.2, 0.25) is 0 Å². The Morgan fingerprint density at radius 1 is 1.00 bits per heavy atom. The molecule has 0 aliphatic carbocycles. The van der Waals surface area contributed by atoms with E-state index in [2.05, 4.69) is 24.0 Å². The third-order valence-electron chi connectivity index (χ3n) is 5.71. The molecule has 2 aromatic heterocycles. The van der Waals surface area contributed by atoms with E-state index in [-0.39, 0.29) is 11.9 Å². The number of carbonyl (C=O) groups is 1. The van der Waals surface area contributed by atoms with Gasteiger partial charge < -0.3 is 4.90 Å². The zero-order valence-corrected chi connectivity index (χ0v) is 18.0. The van der Waals surface area contributed by atoms with Crippen LogP contribution in [-0.4, -0.2) is 27.8 Å². The Morgan fingerprint density at radius 3 is 2.42 bits per heavy atom. The molecule has 0 bridgehead atoms. The van der Waals surface area contributed by atoms with Gasteiger partial charge in [-0.3, -0.25) is 9.78 Å². The Kier molecular flexibility index (Phi) is 6.37. The number of benzene rings is 2. The normalized spacial score (nSPS) is 11.9. The molecule has 4 nitrogen and oxygen atoms in total. The summed E-state index contributed by atoms with van der Waals surface area (Å²) >= 11 is 0. The van der Waals surface area contributed by atoms with E-state index >= 15 is 0 Å². The van der Waals surface area contributed by atoms with Gasteiger partial charge >= 0.3 is 0 Å². The average molecular weight is 410 g/mol. The Hall–Kier alpha value is -3.53. The summed E-state index contributed by atoms with van der Waals surface area (Å²) in [4.78, 5) is 24.7. The number of amides is 1. The Morgan fingerprint density at radius 2 is 1.71 bits per heavy atom. The van der Waals surface area contributed by atoms with Gasteiger partial charge in [0, 0.05) is 30.4 Å². The zero-order valence-electron chi connectivity index (χ0n) is 18.0. The van der Waals surface area contributed by atoms with Crippen LogP contribution in [0.15, 0.2) is 85.2 Å². The van der Waals surface area contributed by atoms with Gasteiger partial charge in [-0.2, -0.15) is 0 Å². The maximum absolute atomic E-state index is 13.8. The lowest BCUT2D eigenvalue weighted by atomic mass is 9.98. The molecular formula is C27H27N3O. The molecule has 2 heterocycles. The molecule has 0 radical (unpaired) electrons. The van der Waals surface area contributed by atoms with Crippen molar-refractivity contribution in [1.82, 2.24) is 14.9 Å². The van der Waals surface area contributed by atoms with Crippen molar-refractivity contribution in [3.63, 3.8) is 0 Å². The fraction of sp³-hybridized carbons (Fsp3) is 0.222. The van der Waals surface area contributed by atoms with Crippen molar-refractivity contribution >= 4 is 16.8 Å². The first kappa shape index (κ1) is 20.7. The SMILES string of the molecule is CCCCC(c1ccccc1)N(C)C(=O)c1cc(-c2ccccc2)nc2ccncc12. The third kappa shape index (κ3) is 4.48. The molecule has 0 aliphatic rings. The molecule has 1 atom stereocenters. The van der Waals surface area contributed by atoms with Crippen molar-refractivity contribution in [2.45, 2.75) is 32.2 Å². The van der Waals surface area contributed by atoms with Gasteiger partial charge in [-0.1, -0.05) is 80.4 Å². The van der Waals surface area contributed by atoms with Gasteiger partial charge in [0.15, 0.2) is 0 Å². The zero-order chi connectivity index (χ0) is 21.6. The summed E-state index contributed by atoms with van der Waals surface area (Å²) in [6, 6.07) is 24.0. The van der Waals surface area contributed by atoms with Crippen molar-refractivity contribution in [1.29, 1.82) is 0 Å². The first-order valence-corrected chi connectivity index (χ1v) is 10.8. The van der Waals surface area contributed by atoms with E-state index in [1.807, 2.05) is 72.6 Å². The van der Waals surface area contributed by atoms with Crippen LogP contribution in [0.1, 0.15) is 48.1 Å². The van der Waals surface area contributed by atoms with E-state index in [4.69, 9.17) is 4.98 Å². The molecule has 0 spiro atoms. The molecule has 1 unspecified atom stereocenters. The summed E-state index contributed by atoms with van der Waals surface area (Å²) < 4.78 is 0. The summed E-state index contributed by atoms with van der Waals surface area (Å²) in [6.45, 7) is 2.18. The number of hydrogen-bond acceptors (Lipinski definition) is 3. The highest BCUT2D eigenvalue weighted by Crippen LogP contribution is 2.30. The van der Waals surface area contributed by atoms with Crippen molar-refractivity contribution < 1.29 is 4.79 Å². The Bertz CT molecular complexity index is 1160.